The summed E-state index contributed by atoms with van der Waals surface area (Å²) < 4.78 is 29.0. The summed E-state index contributed by atoms with van der Waals surface area (Å²) >= 11 is 4.86. The van der Waals surface area contributed by atoms with E-state index in [1.54, 1.807) is 24.3 Å². The Balaban J connectivity index is 1.71. The number of thiophene rings is 1. The van der Waals surface area contributed by atoms with E-state index in [1.165, 1.54) is 24.5 Å². The third kappa shape index (κ3) is 4.48. The molecule has 0 saturated heterocycles. The van der Waals surface area contributed by atoms with E-state index in [-0.39, 0.29) is 23.1 Å². The maximum absolute atomic E-state index is 12.9. The van der Waals surface area contributed by atoms with Crippen LogP contribution in [0.5, 0.6) is 5.88 Å². The number of rotatable bonds is 5. The largest absolute Gasteiger partial charge is 0.480 e. The lowest BCUT2D eigenvalue weighted by atomic mass is 10.1. The number of benzene rings is 1. The summed E-state index contributed by atoms with van der Waals surface area (Å²) in [6.07, 6.45) is 1.43. The van der Waals surface area contributed by atoms with Gasteiger partial charge in [0.2, 0.25) is 5.88 Å². The molecule has 2 amide bonds. The molecule has 0 aliphatic carbocycles. The fraction of sp³-hybridized carbons (Fsp3) is 0.150. The van der Waals surface area contributed by atoms with E-state index < -0.39 is 21.8 Å². The molecule has 0 fully saturated rings. The lowest BCUT2D eigenvalue weighted by molar-refractivity contribution is 0.0943. The zero-order valence-corrected chi connectivity index (χ0v) is 19.3. The highest BCUT2D eigenvalue weighted by atomic mass is 79.9. The number of anilines is 1. The Morgan fingerprint density at radius 1 is 1.26 bits per heavy atom. The maximum atomic E-state index is 12.9. The lowest BCUT2D eigenvalue weighted by Gasteiger charge is -2.14. The average molecular weight is 522 g/mol. The van der Waals surface area contributed by atoms with E-state index in [9.17, 15) is 18.0 Å². The van der Waals surface area contributed by atoms with Crippen molar-refractivity contribution in [1.82, 2.24) is 10.3 Å². The molecule has 4 rings (SSSR count). The standard InChI is InChI=1S/C20H16BrN3O5S2/c1-29-20-14(18(25)23-13-5-7-31(27,28)10-13)8-11-2-3-15(21)16(17(11)24-20)19(26)22-12-4-6-30-9-12/h2-9,13H,10H2,1H3,(H,22,26)(H,23,25)/t13-/m1/s1. The van der Waals surface area contributed by atoms with Crippen LogP contribution in [0, 0.1) is 0 Å². The van der Waals surface area contributed by atoms with Crippen molar-refractivity contribution in [2.75, 3.05) is 18.2 Å². The van der Waals surface area contributed by atoms with Gasteiger partial charge in [-0.3, -0.25) is 9.59 Å². The molecule has 2 aromatic heterocycles. The highest BCUT2D eigenvalue weighted by molar-refractivity contribution is 9.10. The van der Waals surface area contributed by atoms with Gasteiger partial charge in [-0.15, -0.1) is 0 Å². The van der Waals surface area contributed by atoms with Crippen LogP contribution in [0.15, 0.2) is 51.0 Å². The predicted octanol–water partition coefficient (Wildman–Crippen LogP) is 3.36. The van der Waals surface area contributed by atoms with E-state index in [1.807, 2.05) is 10.8 Å². The van der Waals surface area contributed by atoms with Gasteiger partial charge in [-0.1, -0.05) is 6.07 Å². The van der Waals surface area contributed by atoms with E-state index in [4.69, 9.17) is 4.74 Å². The van der Waals surface area contributed by atoms with Crippen molar-refractivity contribution in [3.8, 4) is 5.88 Å². The quantitative estimate of drug-likeness (QED) is 0.531. The van der Waals surface area contributed by atoms with Crippen molar-refractivity contribution in [3.63, 3.8) is 0 Å². The third-order valence-electron chi connectivity index (χ3n) is 4.59. The van der Waals surface area contributed by atoms with Crippen LogP contribution < -0.4 is 15.4 Å². The van der Waals surface area contributed by atoms with Gasteiger partial charge in [0.05, 0.1) is 35.7 Å². The molecule has 0 saturated carbocycles. The van der Waals surface area contributed by atoms with Gasteiger partial charge in [-0.25, -0.2) is 13.4 Å². The normalized spacial score (nSPS) is 16.9. The number of amides is 2. The lowest BCUT2D eigenvalue weighted by Crippen LogP contribution is -2.35. The first-order valence-electron chi connectivity index (χ1n) is 9.00. The van der Waals surface area contributed by atoms with Gasteiger partial charge in [0.1, 0.15) is 5.56 Å². The molecule has 8 nitrogen and oxygen atoms in total. The van der Waals surface area contributed by atoms with Crippen molar-refractivity contribution in [2.45, 2.75) is 6.04 Å². The molecule has 3 aromatic rings. The Kier molecular flexibility index (Phi) is 5.82. The minimum absolute atomic E-state index is 0.0255. The maximum Gasteiger partial charge on any atom is 0.259 e. The van der Waals surface area contributed by atoms with Gasteiger partial charge in [0, 0.05) is 20.6 Å². The molecular weight excluding hydrogens is 506 g/mol. The van der Waals surface area contributed by atoms with Crippen molar-refractivity contribution in [1.29, 1.82) is 0 Å². The van der Waals surface area contributed by atoms with Gasteiger partial charge < -0.3 is 15.4 Å². The fourth-order valence-corrected chi connectivity index (χ4v) is 5.50. The number of carbonyl (C=O) groups is 2. The first-order chi connectivity index (χ1) is 14.8. The first-order valence-corrected chi connectivity index (χ1v) is 12.4. The van der Waals surface area contributed by atoms with Crippen molar-refractivity contribution >= 4 is 65.5 Å². The van der Waals surface area contributed by atoms with E-state index in [0.29, 0.717) is 26.6 Å². The number of hydrogen-bond donors (Lipinski definition) is 2. The van der Waals surface area contributed by atoms with Gasteiger partial charge in [0.15, 0.2) is 9.84 Å². The van der Waals surface area contributed by atoms with Gasteiger partial charge in [0.25, 0.3) is 11.8 Å². The van der Waals surface area contributed by atoms with Crippen molar-refractivity contribution < 1.29 is 22.7 Å². The summed E-state index contributed by atoms with van der Waals surface area (Å²) in [4.78, 5) is 30.1. The number of nitrogens with zero attached hydrogens (tertiary/aromatic N) is 1. The minimum Gasteiger partial charge on any atom is -0.480 e. The fourth-order valence-electron chi connectivity index (χ4n) is 3.17. The van der Waals surface area contributed by atoms with Gasteiger partial charge >= 0.3 is 0 Å². The number of fused-ring (bicyclic) bond motifs is 1. The third-order valence-corrected chi connectivity index (χ3v) is 7.33. The van der Waals surface area contributed by atoms with Crippen LogP contribution in [-0.2, 0) is 9.84 Å². The SMILES string of the molecule is COc1nc2c(C(=O)Nc3ccsc3)c(Br)ccc2cc1C(=O)N[C@@H]1C=CS(=O)(=O)C1. The predicted molar refractivity (Wildman–Crippen MR) is 122 cm³/mol. The van der Waals surface area contributed by atoms with Crippen LogP contribution in [-0.4, -0.2) is 44.1 Å². The number of ether oxygens (including phenoxy) is 1. The zero-order valence-electron chi connectivity index (χ0n) is 16.1. The second kappa shape index (κ2) is 8.40. The summed E-state index contributed by atoms with van der Waals surface area (Å²) in [7, 11) is -1.94. The summed E-state index contributed by atoms with van der Waals surface area (Å²) in [6.45, 7) is 0. The van der Waals surface area contributed by atoms with Crippen molar-refractivity contribution in [3.05, 3.63) is 62.1 Å². The molecule has 0 spiro atoms. The summed E-state index contributed by atoms with van der Waals surface area (Å²) in [5, 5.41) is 10.8. The smallest absolute Gasteiger partial charge is 0.259 e. The number of hydrogen-bond acceptors (Lipinski definition) is 7. The van der Waals surface area contributed by atoms with Crippen LogP contribution in [0.4, 0.5) is 5.69 Å². The van der Waals surface area contributed by atoms with Crippen LogP contribution in [0.1, 0.15) is 20.7 Å². The van der Waals surface area contributed by atoms with Gasteiger partial charge in [-0.05, 0) is 45.6 Å². The van der Waals surface area contributed by atoms with Gasteiger partial charge in [-0.2, -0.15) is 11.3 Å². The van der Waals surface area contributed by atoms with Crippen LogP contribution in [0.25, 0.3) is 10.9 Å². The average Bonchev–Trinajstić information content (AvgIpc) is 3.35. The number of pyridine rings is 1. The molecule has 0 radical (unpaired) electrons. The van der Waals surface area contributed by atoms with E-state index in [2.05, 4.69) is 31.5 Å². The molecule has 1 aliphatic rings. The minimum atomic E-state index is -3.31. The Morgan fingerprint density at radius 2 is 2.06 bits per heavy atom. The number of aromatic nitrogens is 1. The number of methoxy groups -OCH3 is 1. The number of nitrogens with one attached hydrogen (secondary N) is 2. The second-order valence-corrected chi connectivity index (χ2v) is 10.3. The molecule has 160 valence electrons. The van der Waals surface area contributed by atoms with Crippen LogP contribution in [0.3, 0.4) is 0 Å². The first kappa shape index (κ1) is 21.5. The van der Waals surface area contributed by atoms with Crippen LogP contribution >= 0.6 is 27.3 Å². The number of halogens is 1. The van der Waals surface area contributed by atoms with Crippen LogP contribution in [0.2, 0.25) is 0 Å². The Hall–Kier alpha value is -2.76. The van der Waals surface area contributed by atoms with Crippen molar-refractivity contribution in [2.24, 2.45) is 0 Å². The van der Waals surface area contributed by atoms with E-state index in [0.717, 1.165) is 5.41 Å². The summed E-state index contributed by atoms with van der Waals surface area (Å²) in [5.41, 5.74) is 1.47. The molecule has 1 aliphatic heterocycles. The molecular formula is C20H16BrN3O5S2. The molecule has 3 heterocycles. The highest BCUT2D eigenvalue weighted by Crippen LogP contribution is 2.30. The topological polar surface area (TPSA) is 114 Å². The monoisotopic (exact) mass is 521 g/mol. The second-order valence-electron chi connectivity index (χ2n) is 6.74. The molecule has 1 aromatic carbocycles. The molecule has 1 atom stereocenters. The number of sulfone groups is 1. The summed E-state index contributed by atoms with van der Waals surface area (Å²) in [6, 6.07) is 6.15. The highest BCUT2D eigenvalue weighted by Gasteiger charge is 2.26. The molecule has 0 bridgehead atoms. The molecule has 31 heavy (non-hydrogen) atoms. The Bertz CT molecular complexity index is 1320. The number of carbonyl (C=O) groups excluding carboxylic acids is 2. The Morgan fingerprint density at radius 3 is 2.71 bits per heavy atom. The Labute approximate surface area is 190 Å². The molecule has 0 unspecified atom stereocenters. The zero-order chi connectivity index (χ0) is 22.2. The van der Waals surface area contributed by atoms with E-state index >= 15 is 0 Å². The molecule has 2 N–H and O–H groups in total. The molecule has 11 heteroatoms. The summed E-state index contributed by atoms with van der Waals surface area (Å²) in [5.74, 6) is -1.05.